The van der Waals surface area contributed by atoms with Gasteiger partial charge < -0.3 is 20.5 Å². The molecule has 3 aromatic rings. The molecule has 1 fully saturated rings. The van der Waals surface area contributed by atoms with Crippen LogP contribution in [0.1, 0.15) is 55.0 Å². The molecule has 4 rings (SSSR count). The molecule has 1 atom stereocenters. The van der Waals surface area contributed by atoms with Crippen LogP contribution in [-0.4, -0.2) is 47.7 Å². The van der Waals surface area contributed by atoms with Gasteiger partial charge in [-0.15, -0.1) is 0 Å². The fraction of sp³-hybridized carbons (Fsp3) is 0.448. The number of ether oxygens (including phenoxy) is 1. The van der Waals surface area contributed by atoms with E-state index in [0.29, 0.717) is 78.8 Å². The van der Waals surface area contributed by atoms with Crippen molar-refractivity contribution < 1.29 is 32.2 Å². The molecule has 6 nitrogen and oxygen atoms in total. The Morgan fingerprint density at radius 3 is 2.49 bits per heavy atom. The highest BCUT2D eigenvalue weighted by Gasteiger charge is 2.41. The molecule has 0 aliphatic carbocycles. The van der Waals surface area contributed by atoms with Gasteiger partial charge in [-0.05, 0) is 81.9 Å². The van der Waals surface area contributed by atoms with E-state index in [1.807, 2.05) is 4.90 Å². The van der Waals surface area contributed by atoms with Gasteiger partial charge in [0.15, 0.2) is 0 Å². The Morgan fingerprint density at radius 2 is 1.87 bits per heavy atom. The number of nitrogens with two attached hydrogens (primary N) is 1. The van der Waals surface area contributed by atoms with E-state index in [1.54, 1.807) is 24.4 Å². The topological polar surface area (TPSA) is 88.7 Å². The van der Waals surface area contributed by atoms with Crippen molar-refractivity contribution in [3.05, 3.63) is 70.7 Å². The monoisotopic (exact) mass is 547 g/mol. The Balaban J connectivity index is 1.39. The third kappa shape index (κ3) is 6.33. The molecule has 1 saturated heterocycles. The van der Waals surface area contributed by atoms with Crippen LogP contribution >= 0.6 is 0 Å². The number of fused-ring (bicyclic) bond motifs is 1. The quantitative estimate of drug-likeness (QED) is 0.299. The van der Waals surface area contributed by atoms with Crippen LogP contribution in [-0.2, 0) is 17.8 Å². The lowest BCUT2D eigenvalue weighted by Gasteiger charge is -2.39. The maximum absolute atomic E-state index is 15.8. The summed E-state index contributed by atoms with van der Waals surface area (Å²) in [6.45, 7) is 1.56. The highest BCUT2D eigenvalue weighted by atomic mass is 19.1. The summed E-state index contributed by atoms with van der Waals surface area (Å²) < 4.78 is 62.1. The number of carboxylic acids is 1. The lowest BCUT2D eigenvalue weighted by Crippen LogP contribution is -2.44. The number of pyridine rings is 1. The Kier molecular flexibility index (Phi) is 9.07. The van der Waals surface area contributed by atoms with Gasteiger partial charge in [-0.3, -0.25) is 9.78 Å². The van der Waals surface area contributed by atoms with Gasteiger partial charge in [-0.25, -0.2) is 17.6 Å². The summed E-state index contributed by atoms with van der Waals surface area (Å²) in [7, 11) is 1.52. The largest absolute Gasteiger partial charge is 0.497 e. The van der Waals surface area contributed by atoms with E-state index >= 15 is 4.39 Å². The first-order valence-corrected chi connectivity index (χ1v) is 13.1. The van der Waals surface area contributed by atoms with Gasteiger partial charge in [-0.1, -0.05) is 0 Å². The van der Waals surface area contributed by atoms with Crippen LogP contribution in [0, 0.1) is 22.9 Å². The molecule has 0 spiro atoms. The lowest BCUT2D eigenvalue weighted by molar-refractivity contribution is -0.153. The van der Waals surface area contributed by atoms with Gasteiger partial charge in [0.2, 0.25) is 0 Å². The Bertz CT molecular complexity index is 1300. The van der Waals surface area contributed by atoms with Gasteiger partial charge >= 0.3 is 5.97 Å². The predicted octanol–water partition coefficient (Wildman–Crippen LogP) is 5.71. The number of nitrogens with zero attached hydrogens (tertiary/aromatic N) is 2. The van der Waals surface area contributed by atoms with Gasteiger partial charge in [0.05, 0.1) is 18.0 Å². The van der Waals surface area contributed by atoms with Crippen LogP contribution in [0.4, 0.5) is 17.6 Å². The van der Waals surface area contributed by atoms with Crippen molar-refractivity contribution in [2.45, 2.75) is 51.2 Å². The van der Waals surface area contributed by atoms with Crippen molar-refractivity contribution in [2.24, 2.45) is 11.1 Å². The number of rotatable bonds is 11. The number of benzene rings is 2. The summed E-state index contributed by atoms with van der Waals surface area (Å²) in [5.74, 6) is -3.16. The molecule has 0 radical (unpaired) electrons. The minimum absolute atomic E-state index is 0.0126. The van der Waals surface area contributed by atoms with Crippen LogP contribution in [0.25, 0.3) is 10.9 Å². The minimum atomic E-state index is -1.43. The fourth-order valence-corrected chi connectivity index (χ4v) is 5.51. The van der Waals surface area contributed by atoms with E-state index in [0.717, 1.165) is 0 Å². The highest BCUT2D eigenvalue weighted by molar-refractivity contribution is 5.85. The van der Waals surface area contributed by atoms with E-state index in [4.69, 9.17) is 10.5 Å². The van der Waals surface area contributed by atoms with Gasteiger partial charge in [0.25, 0.3) is 0 Å². The number of hydrogen-bond donors (Lipinski definition) is 2. The maximum Gasteiger partial charge on any atom is 0.309 e. The molecule has 2 heterocycles. The average molecular weight is 548 g/mol. The van der Waals surface area contributed by atoms with E-state index in [-0.39, 0.29) is 31.4 Å². The number of carbonyl (C=O) groups is 1. The van der Waals surface area contributed by atoms with Crippen molar-refractivity contribution in [3.8, 4) is 5.75 Å². The molecule has 2 aromatic carbocycles. The van der Waals surface area contributed by atoms with Crippen LogP contribution < -0.4 is 10.5 Å². The third-order valence-corrected chi connectivity index (χ3v) is 7.88. The average Bonchev–Trinajstić information content (AvgIpc) is 2.92. The van der Waals surface area contributed by atoms with Gasteiger partial charge in [-0.2, -0.15) is 0 Å². The van der Waals surface area contributed by atoms with Crippen molar-refractivity contribution in [1.82, 2.24) is 9.88 Å². The minimum Gasteiger partial charge on any atom is -0.497 e. The molecule has 1 unspecified atom stereocenters. The summed E-state index contributed by atoms with van der Waals surface area (Å²) in [5, 5.41) is 10.7. The number of methoxy groups -OCH3 is 1. The Hall–Kier alpha value is -3.24. The van der Waals surface area contributed by atoms with Crippen LogP contribution in [0.2, 0.25) is 0 Å². The molecular weight excluding hydrogens is 514 g/mol. The smallest absolute Gasteiger partial charge is 0.309 e. The molecule has 1 aliphatic rings. The SMILES string of the molecule is COc1ccc2ncc(CN)c(C(F)CCC3(C(=O)O)CCN(CCCc4c(F)cc(F)cc4F)CC3)c2c1. The van der Waals surface area contributed by atoms with E-state index in [2.05, 4.69) is 4.98 Å². The summed E-state index contributed by atoms with van der Waals surface area (Å²) in [4.78, 5) is 18.8. The third-order valence-electron chi connectivity index (χ3n) is 7.88. The standard InChI is InChI=1S/C29H33F4N3O3/c1-39-20-4-5-26-22(15-20)27(18(16-34)17-35-26)23(31)6-7-29(28(37)38)8-11-36(12-9-29)10-2-3-21-24(32)13-19(30)14-25(21)33/h4-5,13-15,17,23H,2-3,6-12,16,34H2,1H3,(H,37,38). The van der Waals surface area contributed by atoms with Crippen molar-refractivity contribution in [2.75, 3.05) is 26.7 Å². The van der Waals surface area contributed by atoms with E-state index < -0.39 is 35.0 Å². The van der Waals surface area contributed by atoms with Crippen LogP contribution in [0.15, 0.2) is 36.5 Å². The van der Waals surface area contributed by atoms with Crippen LogP contribution in [0.3, 0.4) is 0 Å². The lowest BCUT2D eigenvalue weighted by atomic mass is 9.74. The predicted molar refractivity (Wildman–Crippen MR) is 140 cm³/mol. The summed E-state index contributed by atoms with van der Waals surface area (Å²) >= 11 is 0. The first-order chi connectivity index (χ1) is 18.7. The second-order valence-electron chi connectivity index (χ2n) is 10.2. The molecule has 210 valence electrons. The molecule has 1 aromatic heterocycles. The molecule has 10 heteroatoms. The summed E-state index contributed by atoms with van der Waals surface area (Å²) in [6.07, 6.45) is 1.51. The molecule has 0 bridgehead atoms. The van der Waals surface area contributed by atoms with Crippen molar-refractivity contribution >= 4 is 16.9 Å². The zero-order valence-electron chi connectivity index (χ0n) is 21.9. The number of aromatic nitrogens is 1. The molecule has 0 amide bonds. The number of alkyl halides is 1. The van der Waals surface area contributed by atoms with Crippen molar-refractivity contribution in [3.63, 3.8) is 0 Å². The number of piperidine rings is 1. The van der Waals surface area contributed by atoms with Gasteiger partial charge in [0.1, 0.15) is 29.4 Å². The van der Waals surface area contributed by atoms with Gasteiger partial charge in [0, 0.05) is 41.4 Å². The summed E-state index contributed by atoms with van der Waals surface area (Å²) in [6, 6.07) is 6.55. The second kappa shape index (κ2) is 12.3. The number of halogens is 4. The zero-order chi connectivity index (χ0) is 28.2. The second-order valence-corrected chi connectivity index (χ2v) is 10.2. The Labute approximate surface area is 224 Å². The first-order valence-electron chi connectivity index (χ1n) is 13.1. The normalized spacial score (nSPS) is 16.4. The zero-order valence-corrected chi connectivity index (χ0v) is 21.9. The molecule has 39 heavy (non-hydrogen) atoms. The molecule has 3 N–H and O–H groups in total. The highest BCUT2D eigenvalue weighted by Crippen LogP contribution is 2.41. The fourth-order valence-electron chi connectivity index (χ4n) is 5.51. The number of aliphatic carboxylic acids is 1. The number of hydrogen-bond acceptors (Lipinski definition) is 5. The number of carboxylic acid groups (broad SMARTS) is 1. The molecule has 0 saturated carbocycles. The van der Waals surface area contributed by atoms with E-state index in [9.17, 15) is 23.1 Å². The maximum atomic E-state index is 15.8. The summed E-state index contributed by atoms with van der Waals surface area (Å²) in [5.41, 5.74) is 6.25. The van der Waals surface area contributed by atoms with Crippen LogP contribution in [0.5, 0.6) is 5.75 Å². The number of likely N-dealkylation sites (tertiary alicyclic amines) is 1. The van der Waals surface area contributed by atoms with E-state index in [1.165, 1.54) is 7.11 Å². The van der Waals surface area contributed by atoms with Crippen molar-refractivity contribution in [1.29, 1.82) is 0 Å². The first kappa shape index (κ1) is 28.8. The Morgan fingerprint density at radius 1 is 1.18 bits per heavy atom. The molecule has 1 aliphatic heterocycles. The molecular formula is C29H33F4N3O3.